The van der Waals surface area contributed by atoms with Crippen molar-refractivity contribution in [1.29, 1.82) is 0 Å². The van der Waals surface area contributed by atoms with E-state index in [1.807, 2.05) is 71.3 Å². The molecule has 0 amide bonds. The van der Waals surface area contributed by atoms with Gasteiger partial charge in [-0.25, -0.2) is 0 Å². The van der Waals surface area contributed by atoms with Crippen LogP contribution in [0.1, 0.15) is 5.48 Å². The van der Waals surface area contributed by atoms with Gasteiger partial charge in [0.1, 0.15) is 0 Å². The first-order valence-corrected chi connectivity index (χ1v) is 15.5. The van der Waals surface area contributed by atoms with Crippen LogP contribution in [-0.2, 0) is 0 Å². The zero-order chi connectivity index (χ0) is 33.7. The Morgan fingerprint density at radius 3 is 1.83 bits per heavy atom. The summed E-state index contributed by atoms with van der Waals surface area (Å²) in [4.78, 5) is 0. The smallest absolute Gasteiger partial charge is 0.0645 e. The molecule has 10 aromatic rings. The highest BCUT2D eigenvalue weighted by Gasteiger charge is 2.21. The van der Waals surface area contributed by atoms with Gasteiger partial charge in [-0.05, 0) is 75.1 Å². The molecule has 2 heteroatoms. The molecule has 46 heavy (non-hydrogen) atoms. The Labute approximate surface area is 271 Å². The van der Waals surface area contributed by atoms with Crippen molar-refractivity contribution in [1.82, 2.24) is 9.13 Å². The minimum Gasteiger partial charge on any atom is -0.309 e. The summed E-state index contributed by atoms with van der Waals surface area (Å²) in [6.07, 6.45) is 0. The lowest BCUT2D eigenvalue weighted by Crippen LogP contribution is -1.95. The van der Waals surface area contributed by atoms with Gasteiger partial charge in [0.15, 0.2) is 0 Å². The van der Waals surface area contributed by atoms with Gasteiger partial charge in [0.2, 0.25) is 0 Å². The molecule has 0 spiro atoms. The van der Waals surface area contributed by atoms with E-state index in [1.54, 1.807) is 0 Å². The molecule has 2 aromatic heterocycles. The van der Waals surface area contributed by atoms with E-state index in [1.165, 1.54) is 16.2 Å². The molecule has 2 nitrogen and oxygen atoms in total. The van der Waals surface area contributed by atoms with E-state index >= 15 is 0 Å². The van der Waals surface area contributed by atoms with E-state index in [4.69, 9.17) is 0 Å². The number of nitrogens with zero attached hydrogens (tertiary/aromatic N) is 2. The molecule has 0 aliphatic heterocycles. The second-order valence-electron chi connectivity index (χ2n) is 11.8. The summed E-state index contributed by atoms with van der Waals surface area (Å²) in [7, 11) is 0. The highest BCUT2D eigenvalue weighted by atomic mass is 15.0. The fraction of sp³-hybridized carbons (Fsp3) is 0. The lowest BCUT2D eigenvalue weighted by atomic mass is 9.98. The van der Waals surface area contributed by atoms with E-state index in [0.29, 0.717) is 11.1 Å². The van der Waals surface area contributed by atoms with Crippen LogP contribution in [0.5, 0.6) is 0 Å². The molecule has 0 aliphatic rings. The molecular weight excluding hydrogens is 556 g/mol. The zero-order valence-corrected chi connectivity index (χ0v) is 24.8. The van der Waals surface area contributed by atoms with Crippen LogP contribution in [0.2, 0.25) is 0 Å². The molecule has 8 aromatic carbocycles. The molecule has 0 N–H and O–H groups in total. The van der Waals surface area contributed by atoms with E-state index in [9.17, 15) is 5.48 Å². The molecule has 0 aliphatic carbocycles. The molecule has 0 radical (unpaired) electrons. The fourth-order valence-electron chi connectivity index (χ4n) is 7.41. The van der Waals surface area contributed by atoms with Crippen molar-refractivity contribution in [2.24, 2.45) is 0 Å². The number of para-hydroxylation sites is 2. The van der Waals surface area contributed by atoms with Crippen molar-refractivity contribution in [2.45, 2.75) is 0 Å². The maximum Gasteiger partial charge on any atom is 0.0645 e. The second-order valence-corrected chi connectivity index (χ2v) is 11.8. The number of hydrogen-bond donors (Lipinski definition) is 0. The highest BCUT2D eigenvalue weighted by Crippen LogP contribution is 2.44. The average molecular weight is 589 g/mol. The molecule has 2 heterocycles. The van der Waals surface area contributed by atoms with Gasteiger partial charge in [-0.3, -0.25) is 0 Å². The van der Waals surface area contributed by atoms with Crippen LogP contribution in [0, 0.1) is 0 Å². The molecular formula is C44H28N2. The Hall–Kier alpha value is -6.12. The largest absolute Gasteiger partial charge is 0.309 e. The SMILES string of the molecule is [2H]c1c([2H])c(-n2c3ccccc3c3c2ccc2c4c5ccccc5ccc4n(-c4ccccc4)c23)c([2H])c([2H])c1-c1cccc2ccccc12. The Kier molecular flexibility index (Phi) is 4.54. The van der Waals surface area contributed by atoms with Gasteiger partial charge < -0.3 is 9.13 Å². The maximum absolute atomic E-state index is 9.46. The highest BCUT2D eigenvalue weighted by molar-refractivity contribution is 6.30. The van der Waals surface area contributed by atoms with Crippen LogP contribution in [0.25, 0.3) is 87.7 Å². The van der Waals surface area contributed by atoms with Crippen molar-refractivity contribution in [2.75, 3.05) is 0 Å². The fourth-order valence-corrected chi connectivity index (χ4v) is 7.41. The van der Waals surface area contributed by atoms with Crippen LogP contribution in [-0.4, -0.2) is 9.13 Å². The standard InChI is InChI=1S/C44H28N2/c1-2-14-32(15-3-1)46-40-27-23-30-12-5-7-17-36(30)42(40)38-26-28-41-43(44(38)46)37-18-8-9-20-39(37)45(41)33-24-21-31(22-25-33)35-19-10-13-29-11-4-6-16-34(29)35/h1-28H/i21D,22D,24D,25D. The minimum atomic E-state index is -0.0775. The monoisotopic (exact) mass is 588 g/mol. The first-order chi connectivity index (χ1) is 24.5. The van der Waals surface area contributed by atoms with Gasteiger partial charge in [-0.1, -0.05) is 127 Å². The summed E-state index contributed by atoms with van der Waals surface area (Å²) in [5, 5.41) is 8.49. The number of rotatable bonds is 3. The summed E-state index contributed by atoms with van der Waals surface area (Å²) < 4.78 is 41.8. The van der Waals surface area contributed by atoms with Gasteiger partial charge in [0.05, 0.1) is 27.5 Å². The zero-order valence-electron chi connectivity index (χ0n) is 28.8. The van der Waals surface area contributed by atoms with Gasteiger partial charge in [-0.15, -0.1) is 0 Å². The first kappa shape index (κ1) is 21.6. The average Bonchev–Trinajstić information content (AvgIpc) is 3.68. The van der Waals surface area contributed by atoms with Crippen LogP contribution in [0.15, 0.2) is 170 Å². The normalized spacial score (nSPS) is 13.1. The van der Waals surface area contributed by atoms with Crippen LogP contribution in [0.4, 0.5) is 0 Å². The molecule has 0 unspecified atom stereocenters. The van der Waals surface area contributed by atoms with Gasteiger partial charge in [0, 0.05) is 32.9 Å². The molecule has 214 valence electrons. The summed E-state index contributed by atoms with van der Waals surface area (Å²) in [6.45, 7) is 0. The van der Waals surface area contributed by atoms with Crippen LogP contribution >= 0.6 is 0 Å². The summed E-state index contributed by atoms with van der Waals surface area (Å²) in [5.41, 5.74) is 6.05. The Balaban J connectivity index is 1.36. The molecule has 0 atom stereocenters. The Morgan fingerprint density at radius 2 is 1.00 bits per heavy atom. The van der Waals surface area contributed by atoms with E-state index in [-0.39, 0.29) is 29.9 Å². The van der Waals surface area contributed by atoms with Gasteiger partial charge in [0.25, 0.3) is 0 Å². The van der Waals surface area contributed by atoms with E-state index in [0.717, 1.165) is 54.7 Å². The number of aromatic nitrogens is 2. The molecule has 10 rings (SSSR count). The summed E-state index contributed by atoms with van der Waals surface area (Å²) in [6, 6.07) is 49.0. The van der Waals surface area contributed by atoms with Crippen molar-refractivity contribution in [3.63, 3.8) is 0 Å². The molecule has 0 fully saturated rings. The number of hydrogen-bond acceptors (Lipinski definition) is 0. The Morgan fingerprint density at radius 1 is 0.370 bits per heavy atom. The third-order valence-corrected chi connectivity index (χ3v) is 9.36. The van der Waals surface area contributed by atoms with Gasteiger partial charge in [-0.2, -0.15) is 0 Å². The van der Waals surface area contributed by atoms with Crippen molar-refractivity contribution < 1.29 is 5.48 Å². The predicted molar refractivity (Wildman–Crippen MR) is 196 cm³/mol. The third-order valence-electron chi connectivity index (χ3n) is 9.36. The van der Waals surface area contributed by atoms with Crippen molar-refractivity contribution in [3.05, 3.63) is 170 Å². The topological polar surface area (TPSA) is 9.86 Å². The van der Waals surface area contributed by atoms with E-state index in [2.05, 4.69) is 83.4 Å². The number of fused-ring (bicyclic) bond motifs is 10. The third kappa shape index (κ3) is 3.53. The number of benzene rings is 8. The van der Waals surface area contributed by atoms with Crippen molar-refractivity contribution >= 4 is 65.2 Å². The first-order valence-electron chi connectivity index (χ1n) is 17.5. The summed E-state index contributed by atoms with van der Waals surface area (Å²) in [5.74, 6) is 0. The van der Waals surface area contributed by atoms with Crippen LogP contribution in [0.3, 0.4) is 0 Å². The second kappa shape index (κ2) is 9.69. The lowest BCUT2D eigenvalue weighted by Gasteiger charge is -2.11. The van der Waals surface area contributed by atoms with Gasteiger partial charge >= 0.3 is 0 Å². The van der Waals surface area contributed by atoms with Crippen LogP contribution < -0.4 is 0 Å². The minimum absolute atomic E-state index is 0.0609. The van der Waals surface area contributed by atoms with Crippen molar-refractivity contribution in [3.8, 4) is 22.5 Å². The van der Waals surface area contributed by atoms with E-state index < -0.39 is 0 Å². The molecule has 0 saturated carbocycles. The quantitative estimate of drug-likeness (QED) is 0.194. The molecule has 0 bridgehead atoms. The molecule has 0 saturated heterocycles. The lowest BCUT2D eigenvalue weighted by molar-refractivity contribution is 1.17. The maximum atomic E-state index is 9.46. The summed E-state index contributed by atoms with van der Waals surface area (Å²) >= 11 is 0. The Bertz CT molecular complexity index is 2990. The predicted octanol–water partition coefficient (Wildman–Crippen LogP) is 11.9.